The fraction of sp³-hybridized carbons (Fsp3) is 0.348. The number of hydrogen-bond acceptors (Lipinski definition) is 9. The van der Waals surface area contributed by atoms with Crippen molar-refractivity contribution in [1.82, 2.24) is 14.3 Å². The number of rotatable bonds is 8. The van der Waals surface area contributed by atoms with Gasteiger partial charge in [-0.15, -0.1) is 0 Å². The summed E-state index contributed by atoms with van der Waals surface area (Å²) in [6.07, 6.45) is 1.46. The maximum atomic E-state index is 13.4. The van der Waals surface area contributed by atoms with Crippen LogP contribution in [0, 0.1) is 16.0 Å². The monoisotopic (exact) mass is 531 g/mol. The van der Waals surface area contributed by atoms with E-state index in [2.05, 4.69) is 9.97 Å². The first-order chi connectivity index (χ1) is 17.5. The van der Waals surface area contributed by atoms with Gasteiger partial charge >= 0.3 is 5.97 Å². The van der Waals surface area contributed by atoms with Crippen molar-refractivity contribution in [2.75, 3.05) is 25.4 Å². The third-order valence-corrected chi connectivity index (χ3v) is 7.95. The largest absolute Gasteiger partial charge is 0.493 e. The summed E-state index contributed by atoms with van der Waals surface area (Å²) < 4.78 is 33.7. The molecule has 196 valence electrons. The second-order valence-electron chi connectivity index (χ2n) is 8.65. The van der Waals surface area contributed by atoms with Gasteiger partial charge in [-0.05, 0) is 43.5 Å². The number of nitrogen functional groups attached to an aromatic ring is 1. The highest BCUT2D eigenvalue weighted by molar-refractivity contribution is 7.89. The standard InChI is InChI=1S/C23H25N5O8S/c1-2-8-36-20-6-5-14(37(34,35)27-7-3-4-13(12-27)23(30)31)9-16(20)21-25-18-11-17(24)19(28(32)33)10-15(18)22(29)26-21/h5-6,9-11,13H,2-4,7-8,12,24H2,1H3,(H,30,31)(H,25,26,29). The smallest absolute Gasteiger partial charge is 0.307 e. The third-order valence-electron chi connectivity index (χ3n) is 6.09. The van der Waals surface area contributed by atoms with Crippen molar-refractivity contribution in [2.24, 2.45) is 5.92 Å². The highest BCUT2D eigenvalue weighted by Crippen LogP contribution is 2.34. The molecule has 0 saturated carbocycles. The summed E-state index contributed by atoms with van der Waals surface area (Å²) in [5, 5.41) is 20.5. The lowest BCUT2D eigenvalue weighted by atomic mass is 10.0. The molecule has 1 atom stereocenters. The van der Waals surface area contributed by atoms with Crippen LogP contribution in [0.2, 0.25) is 0 Å². The van der Waals surface area contributed by atoms with E-state index in [0.29, 0.717) is 25.9 Å². The molecule has 1 aromatic heterocycles. The Morgan fingerprint density at radius 3 is 2.78 bits per heavy atom. The van der Waals surface area contributed by atoms with Crippen LogP contribution in [0.5, 0.6) is 5.75 Å². The lowest BCUT2D eigenvalue weighted by molar-refractivity contribution is -0.383. The fourth-order valence-electron chi connectivity index (χ4n) is 4.18. The second kappa shape index (κ2) is 10.1. The molecule has 1 aliphatic rings. The van der Waals surface area contributed by atoms with E-state index in [-0.39, 0.29) is 51.7 Å². The number of nitro groups is 1. The number of ether oxygens (including phenoxy) is 1. The SMILES string of the molecule is CCCOc1ccc(S(=O)(=O)N2CCCC(C(=O)O)C2)cc1-c1nc2cc(N)c([N+](=O)[O-])cc2c(=O)[nH]1. The highest BCUT2D eigenvalue weighted by atomic mass is 32.2. The van der Waals surface area contributed by atoms with Crippen molar-refractivity contribution in [3.63, 3.8) is 0 Å². The number of carboxylic acid groups (broad SMARTS) is 1. The number of benzene rings is 2. The van der Waals surface area contributed by atoms with Crippen LogP contribution < -0.4 is 16.0 Å². The summed E-state index contributed by atoms with van der Waals surface area (Å²) in [7, 11) is -4.07. The number of nitrogens with zero attached hydrogens (tertiary/aromatic N) is 3. The van der Waals surface area contributed by atoms with Crippen molar-refractivity contribution in [2.45, 2.75) is 31.1 Å². The van der Waals surface area contributed by atoms with E-state index < -0.39 is 38.1 Å². The van der Waals surface area contributed by atoms with Gasteiger partial charge in [-0.1, -0.05) is 6.92 Å². The van der Waals surface area contributed by atoms with E-state index in [1.54, 1.807) is 0 Å². The Hall–Kier alpha value is -4.04. The van der Waals surface area contributed by atoms with Gasteiger partial charge in [-0.3, -0.25) is 19.7 Å². The predicted octanol–water partition coefficient (Wildman–Crippen LogP) is 2.35. The van der Waals surface area contributed by atoms with Crippen LogP contribution in [0.15, 0.2) is 40.0 Å². The Morgan fingerprint density at radius 1 is 1.35 bits per heavy atom. The molecule has 1 unspecified atom stereocenters. The second-order valence-corrected chi connectivity index (χ2v) is 10.6. The number of aromatic nitrogens is 2. The minimum absolute atomic E-state index is 0.0176. The van der Waals surface area contributed by atoms with E-state index in [9.17, 15) is 33.2 Å². The summed E-state index contributed by atoms with van der Waals surface area (Å²) in [6, 6.07) is 6.35. The molecule has 0 amide bonds. The summed E-state index contributed by atoms with van der Waals surface area (Å²) in [6.45, 7) is 2.23. The normalized spacial score (nSPS) is 16.5. The maximum absolute atomic E-state index is 13.4. The lowest BCUT2D eigenvalue weighted by Crippen LogP contribution is -2.42. The van der Waals surface area contributed by atoms with Crippen molar-refractivity contribution in [3.8, 4) is 17.1 Å². The minimum atomic E-state index is -4.07. The molecule has 13 nitrogen and oxygen atoms in total. The fourth-order valence-corrected chi connectivity index (χ4v) is 5.73. The van der Waals surface area contributed by atoms with E-state index in [1.807, 2.05) is 6.92 Å². The summed E-state index contributed by atoms with van der Waals surface area (Å²) >= 11 is 0. The molecule has 14 heteroatoms. The zero-order valence-corrected chi connectivity index (χ0v) is 20.7. The number of carboxylic acids is 1. The average molecular weight is 532 g/mol. The Kier molecular flexibility index (Phi) is 7.14. The molecule has 1 fully saturated rings. The number of anilines is 1. The molecule has 3 aromatic rings. The summed E-state index contributed by atoms with van der Waals surface area (Å²) in [5.74, 6) is -1.61. The van der Waals surface area contributed by atoms with Crippen LogP contribution >= 0.6 is 0 Å². The molecule has 0 bridgehead atoms. The highest BCUT2D eigenvalue weighted by Gasteiger charge is 2.34. The Balaban J connectivity index is 1.84. The predicted molar refractivity (Wildman–Crippen MR) is 134 cm³/mol. The molecule has 37 heavy (non-hydrogen) atoms. The number of nitrogens with two attached hydrogens (primary N) is 1. The Labute approximate surface area is 211 Å². The quantitative estimate of drug-likeness (QED) is 0.220. The van der Waals surface area contributed by atoms with Gasteiger partial charge in [0.2, 0.25) is 10.0 Å². The van der Waals surface area contributed by atoms with E-state index in [0.717, 1.165) is 10.4 Å². The van der Waals surface area contributed by atoms with Gasteiger partial charge < -0.3 is 20.6 Å². The number of nitrogens with one attached hydrogen (secondary N) is 1. The van der Waals surface area contributed by atoms with Crippen LogP contribution in [-0.4, -0.2) is 58.4 Å². The van der Waals surface area contributed by atoms with Gasteiger partial charge in [-0.25, -0.2) is 13.4 Å². The van der Waals surface area contributed by atoms with Gasteiger partial charge in [0.15, 0.2) is 0 Å². The molecule has 2 aromatic carbocycles. The number of carbonyl (C=O) groups is 1. The maximum Gasteiger partial charge on any atom is 0.307 e. The zero-order chi connectivity index (χ0) is 26.9. The molecule has 0 aliphatic carbocycles. The third kappa shape index (κ3) is 5.11. The van der Waals surface area contributed by atoms with Crippen LogP contribution in [0.1, 0.15) is 26.2 Å². The number of H-pyrrole nitrogens is 1. The van der Waals surface area contributed by atoms with E-state index in [4.69, 9.17) is 10.5 Å². The average Bonchev–Trinajstić information content (AvgIpc) is 2.86. The van der Waals surface area contributed by atoms with Crippen LogP contribution in [0.3, 0.4) is 0 Å². The van der Waals surface area contributed by atoms with Gasteiger partial charge in [0.25, 0.3) is 11.2 Å². The Bertz CT molecular complexity index is 1550. The molecule has 0 spiro atoms. The number of aromatic amines is 1. The molecule has 2 heterocycles. The van der Waals surface area contributed by atoms with Crippen molar-refractivity contribution >= 4 is 38.3 Å². The van der Waals surface area contributed by atoms with Crippen LogP contribution in [0.25, 0.3) is 22.3 Å². The first kappa shape index (κ1) is 26.0. The molecular weight excluding hydrogens is 506 g/mol. The van der Waals surface area contributed by atoms with Gasteiger partial charge in [-0.2, -0.15) is 4.31 Å². The van der Waals surface area contributed by atoms with Crippen molar-refractivity contribution in [3.05, 3.63) is 50.8 Å². The molecule has 1 saturated heterocycles. The van der Waals surface area contributed by atoms with Gasteiger partial charge in [0, 0.05) is 19.2 Å². The zero-order valence-electron chi connectivity index (χ0n) is 19.8. The first-order valence-corrected chi connectivity index (χ1v) is 12.9. The van der Waals surface area contributed by atoms with Crippen molar-refractivity contribution in [1.29, 1.82) is 0 Å². The molecule has 4 N–H and O–H groups in total. The number of hydrogen-bond donors (Lipinski definition) is 3. The minimum Gasteiger partial charge on any atom is -0.493 e. The number of nitro benzene ring substituents is 1. The van der Waals surface area contributed by atoms with Crippen molar-refractivity contribution < 1.29 is 28.0 Å². The number of aliphatic carboxylic acids is 1. The molecule has 0 radical (unpaired) electrons. The summed E-state index contributed by atoms with van der Waals surface area (Å²) in [5.41, 5.74) is 4.73. The first-order valence-electron chi connectivity index (χ1n) is 11.5. The van der Waals surface area contributed by atoms with Gasteiger partial charge in [0.05, 0.1) is 38.8 Å². The molecular formula is C23H25N5O8S. The lowest BCUT2D eigenvalue weighted by Gasteiger charge is -2.30. The number of sulfonamides is 1. The number of fused-ring (bicyclic) bond motifs is 1. The summed E-state index contributed by atoms with van der Waals surface area (Å²) in [4.78, 5) is 41.6. The topological polar surface area (TPSA) is 199 Å². The number of piperidine rings is 1. The van der Waals surface area contributed by atoms with Crippen LogP contribution in [-0.2, 0) is 14.8 Å². The molecule has 4 rings (SSSR count). The van der Waals surface area contributed by atoms with E-state index >= 15 is 0 Å². The van der Waals surface area contributed by atoms with E-state index in [1.165, 1.54) is 24.3 Å². The van der Waals surface area contributed by atoms with Gasteiger partial charge in [0.1, 0.15) is 17.3 Å². The Morgan fingerprint density at radius 2 is 2.11 bits per heavy atom. The molecule has 1 aliphatic heterocycles. The van der Waals surface area contributed by atoms with Crippen LogP contribution in [0.4, 0.5) is 11.4 Å².